The van der Waals surface area contributed by atoms with Crippen molar-refractivity contribution in [3.05, 3.63) is 11.8 Å². The van der Waals surface area contributed by atoms with Crippen molar-refractivity contribution in [1.82, 2.24) is 9.78 Å². The van der Waals surface area contributed by atoms with Crippen LogP contribution in [-0.4, -0.2) is 21.4 Å². The topological polar surface area (TPSA) is 70.1 Å². The standard InChI is InChI=1S/C10H17N3O2/c1-7-5-8(11)13(12-7)6-9(14)15-10(2,3)4/h5H,6,11H2,1-4H3. The number of carbonyl (C=O) groups excluding carboxylic acids is 1. The van der Waals surface area contributed by atoms with E-state index in [1.165, 1.54) is 4.68 Å². The number of anilines is 1. The van der Waals surface area contributed by atoms with Gasteiger partial charge in [0.15, 0.2) is 0 Å². The van der Waals surface area contributed by atoms with Gasteiger partial charge in [-0.1, -0.05) is 0 Å². The largest absolute Gasteiger partial charge is 0.459 e. The lowest BCUT2D eigenvalue weighted by Gasteiger charge is -2.19. The van der Waals surface area contributed by atoms with Crippen LogP contribution in [0.3, 0.4) is 0 Å². The van der Waals surface area contributed by atoms with Crippen LogP contribution in [0.15, 0.2) is 6.07 Å². The minimum Gasteiger partial charge on any atom is -0.459 e. The Morgan fingerprint density at radius 2 is 2.20 bits per heavy atom. The van der Waals surface area contributed by atoms with E-state index in [1.54, 1.807) is 6.07 Å². The smallest absolute Gasteiger partial charge is 0.328 e. The van der Waals surface area contributed by atoms with Crippen molar-refractivity contribution in [2.75, 3.05) is 5.73 Å². The van der Waals surface area contributed by atoms with Crippen LogP contribution in [0.5, 0.6) is 0 Å². The number of nitrogens with zero attached hydrogens (tertiary/aromatic N) is 2. The number of nitrogens with two attached hydrogens (primary N) is 1. The Morgan fingerprint density at radius 3 is 2.60 bits per heavy atom. The fourth-order valence-electron chi connectivity index (χ4n) is 1.19. The van der Waals surface area contributed by atoms with Gasteiger partial charge < -0.3 is 10.5 Å². The maximum atomic E-state index is 11.5. The monoisotopic (exact) mass is 211 g/mol. The van der Waals surface area contributed by atoms with Crippen LogP contribution < -0.4 is 5.73 Å². The third kappa shape index (κ3) is 3.61. The molecule has 0 aromatic carbocycles. The zero-order chi connectivity index (χ0) is 11.6. The number of rotatable bonds is 2. The van der Waals surface area contributed by atoms with Crippen molar-refractivity contribution in [2.45, 2.75) is 39.8 Å². The van der Waals surface area contributed by atoms with Crippen molar-refractivity contribution in [1.29, 1.82) is 0 Å². The molecule has 0 saturated heterocycles. The Kier molecular flexibility index (Phi) is 3.02. The van der Waals surface area contributed by atoms with Gasteiger partial charge in [-0.15, -0.1) is 0 Å². The molecule has 0 fully saturated rings. The summed E-state index contributed by atoms with van der Waals surface area (Å²) in [5, 5.41) is 4.07. The van der Waals surface area contributed by atoms with Crippen LogP contribution in [0.2, 0.25) is 0 Å². The third-order valence-electron chi connectivity index (χ3n) is 1.63. The lowest BCUT2D eigenvalue weighted by Crippen LogP contribution is -2.27. The summed E-state index contributed by atoms with van der Waals surface area (Å²) in [6, 6.07) is 1.71. The van der Waals surface area contributed by atoms with Gasteiger partial charge in [0.25, 0.3) is 0 Å². The molecule has 0 amide bonds. The van der Waals surface area contributed by atoms with E-state index in [1.807, 2.05) is 27.7 Å². The minimum atomic E-state index is -0.478. The predicted molar refractivity (Wildman–Crippen MR) is 57.2 cm³/mol. The summed E-state index contributed by atoms with van der Waals surface area (Å²) in [7, 11) is 0. The molecule has 1 rings (SSSR count). The molecular weight excluding hydrogens is 194 g/mol. The molecule has 0 unspecified atom stereocenters. The highest BCUT2D eigenvalue weighted by Gasteiger charge is 2.17. The van der Waals surface area contributed by atoms with E-state index < -0.39 is 5.60 Å². The first kappa shape index (κ1) is 11.6. The second-order valence-electron chi connectivity index (χ2n) is 4.45. The van der Waals surface area contributed by atoms with Gasteiger partial charge >= 0.3 is 5.97 Å². The normalized spacial score (nSPS) is 11.5. The molecule has 0 aliphatic heterocycles. The fourth-order valence-corrected chi connectivity index (χ4v) is 1.19. The molecule has 15 heavy (non-hydrogen) atoms. The average Bonchev–Trinajstić information content (AvgIpc) is 2.25. The maximum absolute atomic E-state index is 11.5. The number of aromatic nitrogens is 2. The van der Waals surface area contributed by atoms with Crippen LogP contribution in [0.4, 0.5) is 5.82 Å². The third-order valence-corrected chi connectivity index (χ3v) is 1.63. The summed E-state index contributed by atoms with van der Waals surface area (Å²) in [6.07, 6.45) is 0. The molecule has 0 saturated carbocycles. The summed E-state index contributed by atoms with van der Waals surface area (Å²) >= 11 is 0. The predicted octanol–water partition coefficient (Wildman–Crippen LogP) is 1.12. The number of carbonyl (C=O) groups is 1. The number of hydrogen-bond acceptors (Lipinski definition) is 4. The number of hydrogen-bond donors (Lipinski definition) is 1. The van der Waals surface area contributed by atoms with Gasteiger partial charge in [0.05, 0.1) is 5.69 Å². The molecule has 5 nitrogen and oxygen atoms in total. The molecule has 1 aromatic heterocycles. The molecule has 0 aliphatic rings. The average molecular weight is 211 g/mol. The summed E-state index contributed by atoms with van der Waals surface area (Å²) in [6.45, 7) is 7.34. The first-order valence-corrected chi connectivity index (χ1v) is 4.80. The van der Waals surface area contributed by atoms with Gasteiger partial charge in [-0.25, -0.2) is 4.68 Å². The van der Waals surface area contributed by atoms with Crippen LogP contribution in [0.1, 0.15) is 26.5 Å². The summed E-state index contributed by atoms with van der Waals surface area (Å²) in [4.78, 5) is 11.5. The fraction of sp³-hybridized carbons (Fsp3) is 0.600. The Hall–Kier alpha value is -1.52. The van der Waals surface area contributed by atoms with E-state index in [9.17, 15) is 4.79 Å². The summed E-state index contributed by atoms with van der Waals surface area (Å²) < 4.78 is 6.58. The molecule has 84 valence electrons. The van der Waals surface area contributed by atoms with Crippen molar-refractivity contribution >= 4 is 11.8 Å². The van der Waals surface area contributed by atoms with E-state index in [0.717, 1.165) is 5.69 Å². The summed E-state index contributed by atoms with van der Waals surface area (Å²) in [5.41, 5.74) is 5.96. The highest BCUT2D eigenvalue weighted by molar-refractivity contribution is 5.70. The molecule has 1 heterocycles. The molecule has 0 radical (unpaired) electrons. The van der Waals surface area contributed by atoms with Crippen LogP contribution >= 0.6 is 0 Å². The van der Waals surface area contributed by atoms with Gasteiger partial charge in [0.1, 0.15) is 18.0 Å². The highest BCUT2D eigenvalue weighted by Crippen LogP contribution is 2.09. The van der Waals surface area contributed by atoms with E-state index in [2.05, 4.69) is 5.10 Å². The molecule has 1 aromatic rings. The van der Waals surface area contributed by atoms with E-state index >= 15 is 0 Å². The number of esters is 1. The Labute approximate surface area is 89.2 Å². The number of aryl methyl sites for hydroxylation is 1. The molecular formula is C10H17N3O2. The quantitative estimate of drug-likeness (QED) is 0.744. The molecule has 0 aliphatic carbocycles. The SMILES string of the molecule is Cc1cc(N)n(CC(=O)OC(C)(C)C)n1. The van der Waals surface area contributed by atoms with E-state index in [4.69, 9.17) is 10.5 Å². The first-order chi connectivity index (χ1) is 6.78. The maximum Gasteiger partial charge on any atom is 0.328 e. The lowest BCUT2D eigenvalue weighted by atomic mass is 10.2. The van der Waals surface area contributed by atoms with Crippen LogP contribution in [-0.2, 0) is 16.1 Å². The van der Waals surface area contributed by atoms with Crippen molar-refractivity contribution < 1.29 is 9.53 Å². The second-order valence-corrected chi connectivity index (χ2v) is 4.45. The van der Waals surface area contributed by atoms with Crippen molar-refractivity contribution in [3.63, 3.8) is 0 Å². The molecule has 0 spiro atoms. The highest BCUT2D eigenvalue weighted by atomic mass is 16.6. The van der Waals surface area contributed by atoms with Crippen LogP contribution in [0, 0.1) is 6.92 Å². The van der Waals surface area contributed by atoms with Gasteiger partial charge in [-0.2, -0.15) is 5.10 Å². The van der Waals surface area contributed by atoms with Crippen molar-refractivity contribution in [2.24, 2.45) is 0 Å². The Bertz CT molecular complexity index is 363. The Balaban J connectivity index is 2.63. The molecule has 0 atom stereocenters. The number of nitrogen functional groups attached to an aromatic ring is 1. The zero-order valence-corrected chi connectivity index (χ0v) is 9.57. The van der Waals surface area contributed by atoms with Gasteiger partial charge in [0.2, 0.25) is 0 Å². The second kappa shape index (κ2) is 3.92. The minimum absolute atomic E-state index is 0.0525. The lowest BCUT2D eigenvalue weighted by molar-refractivity contribution is -0.155. The van der Waals surface area contributed by atoms with Crippen molar-refractivity contribution in [3.8, 4) is 0 Å². The summed E-state index contributed by atoms with van der Waals surface area (Å²) in [5.74, 6) is 0.135. The van der Waals surface area contributed by atoms with Gasteiger partial charge in [-0.3, -0.25) is 4.79 Å². The van der Waals surface area contributed by atoms with Gasteiger partial charge in [0, 0.05) is 6.07 Å². The van der Waals surface area contributed by atoms with Crippen LogP contribution in [0.25, 0.3) is 0 Å². The van der Waals surface area contributed by atoms with Gasteiger partial charge in [-0.05, 0) is 27.7 Å². The first-order valence-electron chi connectivity index (χ1n) is 4.80. The Morgan fingerprint density at radius 1 is 1.60 bits per heavy atom. The van der Waals surface area contributed by atoms with E-state index in [-0.39, 0.29) is 12.5 Å². The zero-order valence-electron chi connectivity index (χ0n) is 9.57. The van der Waals surface area contributed by atoms with E-state index in [0.29, 0.717) is 5.82 Å². The number of ether oxygens (including phenoxy) is 1. The molecule has 2 N–H and O–H groups in total. The molecule has 0 bridgehead atoms. The molecule has 5 heteroatoms.